The number of aryl methyl sites for hydroxylation is 1. The van der Waals surface area contributed by atoms with Gasteiger partial charge in [0.05, 0.1) is 13.0 Å². The molecule has 0 fully saturated rings. The minimum atomic E-state index is -0.918. The smallest absolute Gasteiger partial charge is 0.306 e. The number of hydrogen-bond donors (Lipinski definition) is 2. The SMILES string of the molecule is Cc1cccc(O)c1OCCC(=O)O. The van der Waals surface area contributed by atoms with Gasteiger partial charge in [-0.1, -0.05) is 12.1 Å². The van der Waals surface area contributed by atoms with E-state index in [1.54, 1.807) is 19.1 Å². The number of benzene rings is 1. The molecule has 1 aromatic carbocycles. The molecule has 76 valence electrons. The largest absolute Gasteiger partial charge is 0.504 e. The zero-order valence-electron chi connectivity index (χ0n) is 7.86. The third-order valence-corrected chi connectivity index (χ3v) is 1.75. The van der Waals surface area contributed by atoms with Crippen LogP contribution in [0.2, 0.25) is 0 Å². The van der Waals surface area contributed by atoms with Crippen molar-refractivity contribution in [3.63, 3.8) is 0 Å². The van der Waals surface area contributed by atoms with E-state index in [9.17, 15) is 9.90 Å². The Labute approximate surface area is 81.8 Å². The quantitative estimate of drug-likeness (QED) is 0.766. The third kappa shape index (κ3) is 2.65. The van der Waals surface area contributed by atoms with Crippen LogP contribution >= 0.6 is 0 Å². The number of carboxylic acids is 1. The lowest BCUT2D eigenvalue weighted by atomic mass is 10.2. The number of aliphatic carboxylic acids is 1. The predicted molar refractivity (Wildman–Crippen MR) is 50.6 cm³/mol. The van der Waals surface area contributed by atoms with Crippen LogP contribution in [0.5, 0.6) is 11.5 Å². The molecular weight excluding hydrogens is 184 g/mol. The molecule has 0 bridgehead atoms. The molecule has 0 heterocycles. The minimum Gasteiger partial charge on any atom is -0.504 e. The summed E-state index contributed by atoms with van der Waals surface area (Å²) in [6, 6.07) is 4.99. The van der Waals surface area contributed by atoms with Crippen molar-refractivity contribution < 1.29 is 19.7 Å². The maximum absolute atomic E-state index is 10.2. The fourth-order valence-corrected chi connectivity index (χ4v) is 1.07. The van der Waals surface area contributed by atoms with Gasteiger partial charge in [0.2, 0.25) is 0 Å². The highest BCUT2D eigenvalue weighted by Crippen LogP contribution is 2.29. The summed E-state index contributed by atoms with van der Waals surface area (Å²) in [6.07, 6.45) is -0.0756. The van der Waals surface area contributed by atoms with Gasteiger partial charge in [0.1, 0.15) is 0 Å². The Bertz CT molecular complexity index is 313. The lowest BCUT2D eigenvalue weighted by molar-refractivity contribution is -0.137. The number of rotatable bonds is 4. The summed E-state index contributed by atoms with van der Waals surface area (Å²) in [5.41, 5.74) is 0.787. The zero-order valence-corrected chi connectivity index (χ0v) is 7.86. The lowest BCUT2D eigenvalue weighted by Crippen LogP contribution is -2.05. The van der Waals surface area contributed by atoms with E-state index in [-0.39, 0.29) is 18.8 Å². The molecule has 0 aliphatic carbocycles. The minimum absolute atomic E-state index is 0.0374. The molecule has 0 radical (unpaired) electrons. The summed E-state index contributed by atoms with van der Waals surface area (Å²) in [5, 5.41) is 17.8. The van der Waals surface area contributed by atoms with Crippen LogP contribution in [0, 0.1) is 6.92 Å². The molecule has 0 saturated carbocycles. The first-order valence-electron chi connectivity index (χ1n) is 4.24. The third-order valence-electron chi connectivity index (χ3n) is 1.75. The first-order valence-corrected chi connectivity index (χ1v) is 4.24. The van der Waals surface area contributed by atoms with Crippen molar-refractivity contribution >= 4 is 5.97 Å². The van der Waals surface area contributed by atoms with Gasteiger partial charge in [0.25, 0.3) is 0 Å². The number of carbonyl (C=O) groups is 1. The highest BCUT2D eigenvalue weighted by Gasteiger charge is 2.06. The van der Waals surface area contributed by atoms with E-state index in [1.807, 2.05) is 0 Å². The zero-order chi connectivity index (χ0) is 10.6. The molecule has 2 N–H and O–H groups in total. The molecule has 0 aliphatic rings. The van der Waals surface area contributed by atoms with Gasteiger partial charge in [-0.25, -0.2) is 0 Å². The van der Waals surface area contributed by atoms with Gasteiger partial charge in [-0.05, 0) is 18.6 Å². The number of hydrogen-bond acceptors (Lipinski definition) is 3. The van der Waals surface area contributed by atoms with Crippen molar-refractivity contribution in [1.82, 2.24) is 0 Å². The van der Waals surface area contributed by atoms with Crippen LogP contribution in [0.25, 0.3) is 0 Å². The van der Waals surface area contributed by atoms with Crippen LogP contribution in [0.3, 0.4) is 0 Å². The van der Waals surface area contributed by atoms with E-state index < -0.39 is 5.97 Å². The Morgan fingerprint density at radius 1 is 1.50 bits per heavy atom. The first kappa shape index (κ1) is 10.4. The van der Waals surface area contributed by atoms with Crippen molar-refractivity contribution in [3.8, 4) is 11.5 Å². The van der Waals surface area contributed by atoms with Gasteiger partial charge in [-0.15, -0.1) is 0 Å². The summed E-state index contributed by atoms with van der Waals surface area (Å²) >= 11 is 0. The molecule has 14 heavy (non-hydrogen) atoms. The highest BCUT2D eigenvalue weighted by molar-refractivity contribution is 5.66. The van der Waals surface area contributed by atoms with Gasteiger partial charge < -0.3 is 14.9 Å². The molecule has 0 spiro atoms. The molecule has 4 nitrogen and oxygen atoms in total. The summed E-state index contributed by atoms with van der Waals surface area (Å²) in [4.78, 5) is 10.2. The summed E-state index contributed by atoms with van der Waals surface area (Å²) in [5.74, 6) is -0.526. The maximum atomic E-state index is 10.2. The van der Waals surface area contributed by atoms with E-state index in [0.29, 0.717) is 5.75 Å². The molecule has 0 unspecified atom stereocenters. The van der Waals surface area contributed by atoms with E-state index in [4.69, 9.17) is 9.84 Å². The normalized spacial score (nSPS) is 9.79. The fraction of sp³-hybridized carbons (Fsp3) is 0.300. The van der Waals surface area contributed by atoms with E-state index in [2.05, 4.69) is 0 Å². The van der Waals surface area contributed by atoms with E-state index in [1.165, 1.54) is 6.07 Å². The Morgan fingerprint density at radius 3 is 2.79 bits per heavy atom. The Kier molecular flexibility index (Phi) is 3.34. The van der Waals surface area contributed by atoms with Crippen LogP contribution in [0.4, 0.5) is 0 Å². The average Bonchev–Trinajstić information content (AvgIpc) is 2.09. The molecule has 0 aliphatic heterocycles. The van der Waals surface area contributed by atoms with Crippen LogP contribution < -0.4 is 4.74 Å². The van der Waals surface area contributed by atoms with Crippen molar-refractivity contribution in [2.75, 3.05) is 6.61 Å². The lowest BCUT2D eigenvalue weighted by Gasteiger charge is -2.09. The second-order valence-electron chi connectivity index (χ2n) is 2.92. The van der Waals surface area contributed by atoms with Crippen molar-refractivity contribution in [1.29, 1.82) is 0 Å². The summed E-state index contributed by atoms with van der Waals surface area (Å²) in [7, 11) is 0. The molecular formula is C10H12O4. The Hall–Kier alpha value is -1.71. The molecule has 0 aromatic heterocycles. The summed E-state index contributed by atoms with van der Waals surface area (Å²) < 4.78 is 5.15. The number of phenols is 1. The first-order chi connectivity index (χ1) is 6.61. The van der Waals surface area contributed by atoms with Crippen LogP contribution in [0.1, 0.15) is 12.0 Å². The van der Waals surface area contributed by atoms with Crippen LogP contribution in [-0.2, 0) is 4.79 Å². The van der Waals surface area contributed by atoms with Crippen LogP contribution in [0.15, 0.2) is 18.2 Å². The highest BCUT2D eigenvalue weighted by atomic mass is 16.5. The van der Waals surface area contributed by atoms with E-state index >= 15 is 0 Å². The fourth-order valence-electron chi connectivity index (χ4n) is 1.07. The molecule has 0 atom stereocenters. The van der Waals surface area contributed by atoms with Crippen LogP contribution in [-0.4, -0.2) is 22.8 Å². The topological polar surface area (TPSA) is 66.8 Å². The van der Waals surface area contributed by atoms with Gasteiger partial charge in [-0.2, -0.15) is 0 Å². The number of ether oxygens (including phenoxy) is 1. The number of aromatic hydroxyl groups is 1. The molecule has 1 aromatic rings. The van der Waals surface area contributed by atoms with E-state index in [0.717, 1.165) is 5.56 Å². The summed E-state index contributed by atoms with van der Waals surface area (Å²) in [6.45, 7) is 1.85. The van der Waals surface area contributed by atoms with Gasteiger partial charge >= 0.3 is 5.97 Å². The molecule has 0 saturated heterocycles. The van der Waals surface area contributed by atoms with Crippen molar-refractivity contribution in [2.45, 2.75) is 13.3 Å². The average molecular weight is 196 g/mol. The molecule has 1 rings (SSSR count). The maximum Gasteiger partial charge on any atom is 0.306 e. The predicted octanol–water partition coefficient (Wildman–Crippen LogP) is 1.55. The molecule has 4 heteroatoms. The Balaban J connectivity index is 2.62. The number of phenolic OH excluding ortho intramolecular Hbond substituents is 1. The number of para-hydroxylation sites is 1. The van der Waals surface area contributed by atoms with Gasteiger partial charge in [0, 0.05) is 0 Å². The van der Waals surface area contributed by atoms with Gasteiger partial charge in [-0.3, -0.25) is 4.79 Å². The van der Waals surface area contributed by atoms with Crippen molar-refractivity contribution in [2.24, 2.45) is 0 Å². The van der Waals surface area contributed by atoms with Gasteiger partial charge in [0.15, 0.2) is 11.5 Å². The second-order valence-corrected chi connectivity index (χ2v) is 2.92. The van der Waals surface area contributed by atoms with Crippen molar-refractivity contribution in [3.05, 3.63) is 23.8 Å². The molecule has 0 amide bonds. The number of carboxylic acid groups (broad SMARTS) is 1. The monoisotopic (exact) mass is 196 g/mol. The standard InChI is InChI=1S/C10H12O4/c1-7-3-2-4-8(11)10(7)14-6-5-9(12)13/h2-4,11H,5-6H2,1H3,(H,12,13). The second kappa shape index (κ2) is 4.50. The Morgan fingerprint density at radius 2 is 2.21 bits per heavy atom.